The first kappa shape index (κ1) is 21.8. The van der Waals surface area contributed by atoms with Crippen molar-refractivity contribution in [2.45, 2.75) is 43.4 Å². The van der Waals surface area contributed by atoms with Crippen molar-refractivity contribution in [3.63, 3.8) is 0 Å². The number of rotatable bonds is 7. The Kier molecular flexibility index (Phi) is 6.97. The van der Waals surface area contributed by atoms with E-state index in [-0.39, 0.29) is 17.9 Å². The first-order valence-electron chi connectivity index (χ1n) is 9.85. The highest BCUT2D eigenvalue weighted by Gasteiger charge is 2.33. The number of thiophene rings is 1. The summed E-state index contributed by atoms with van der Waals surface area (Å²) in [4.78, 5) is 12.8. The maximum Gasteiger partial charge on any atom is 0.252 e. The van der Waals surface area contributed by atoms with Crippen molar-refractivity contribution < 1.29 is 17.9 Å². The van der Waals surface area contributed by atoms with Crippen LogP contribution in [0.5, 0.6) is 5.75 Å². The number of nitrogens with zero attached hydrogens (tertiary/aromatic N) is 1. The summed E-state index contributed by atoms with van der Waals surface area (Å²) in [6.07, 6.45) is 1.85. The third-order valence-corrected chi connectivity index (χ3v) is 8.73. The average molecular weight is 437 g/mol. The predicted molar refractivity (Wildman–Crippen MR) is 115 cm³/mol. The molecule has 0 bridgehead atoms. The molecule has 3 rings (SSSR count). The van der Waals surface area contributed by atoms with Gasteiger partial charge in [-0.2, -0.15) is 4.31 Å². The van der Waals surface area contributed by atoms with Gasteiger partial charge >= 0.3 is 0 Å². The molecule has 1 aromatic carbocycles. The van der Waals surface area contributed by atoms with E-state index in [0.29, 0.717) is 30.1 Å². The third-order valence-electron chi connectivity index (χ3n) is 5.46. The molecular formula is C21H28N2O4S2. The lowest BCUT2D eigenvalue weighted by Crippen LogP contribution is -2.43. The number of methoxy groups -OCH3 is 1. The number of piperidine rings is 1. The van der Waals surface area contributed by atoms with E-state index in [4.69, 9.17) is 4.74 Å². The molecule has 1 saturated heterocycles. The van der Waals surface area contributed by atoms with Crippen molar-refractivity contribution in [3.05, 3.63) is 46.8 Å². The minimum Gasteiger partial charge on any atom is -0.496 e. The van der Waals surface area contributed by atoms with Crippen molar-refractivity contribution >= 4 is 27.3 Å². The molecule has 1 N–H and O–H groups in total. The molecule has 1 aliphatic heterocycles. The number of hydrogen-bond acceptors (Lipinski definition) is 5. The predicted octanol–water partition coefficient (Wildman–Crippen LogP) is 3.73. The van der Waals surface area contributed by atoms with E-state index in [9.17, 15) is 13.2 Å². The number of amides is 1. The lowest BCUT2D eigenvalue weighted by molar-refractivity contribution is -0.126. The summed E-state index contributed by atoms with van der Waals surface area (Å²) in [6.45, 7) is 4.77. The van der Waals surface area contributed by atoms with Crippen LogP contribution in [0.2, 0.25) is 0 Å². The monoisotopic (exact) mass is 436 g/mol. The van der Waals surface area contributed by atoms with E-state index in [0.717, 1.165) is 23.3 Å². The van der Waals surface area contributed by atoms with Gasteiger partial charge in [0.1, 0.15) is 9.96 Å². The highest BCUT2D eigenvalue weighted by atomic mass is 32.2. The first-order chi connectivity index (χ1) is 13.9. The minimum absolute atomic E-state index is 0.00140. The second-order valence-electron chi connectivity index (χ2n) is 7.31. The van der Waals surface area contributed by atoms with E-state index in [2.05, 4.69) is 5.32 Å². The molecule has 158 valence electrons. The molecule has 1 atom stereocenters. The van der Waals surface area contributed by atoms with Crippen molar-refractivity contribution in [2.75, 3.05) is 20.2 Å². The zero-order valence-electron chi connectivity index (χ0n) is 17.1. The highest BCUT2D eigenvalue weighted by Crippen LogP contribution is 2.28. The summed E-state index contributed by atoms with van der Waals surface area (Å²) in [6, 6.07) is 9.25. The van der Waals surface area contributed by atoms with Crippen LogP contribution >= 0.6 is 11.3 Å². The molecule has 0 radical (unpaired) electrons. The Morgan fingerprint density at radius 3 is 2.59 bits per heavy atom. The quantitative estimate of drug-likeness (QED) is 0.718. The van der Waals surface area contributed by atoms with E-state index in [1.807, 2.05) is 32.0 Å². The number of ether oxygens (including phenoxy) is 1. The van der Waals surface area contributed by atoms with Gasteiger partial charge in [0, 0.05) is 19.0 Å². The van der Waals surface area contributed by atoms with Crippen LogP contribution in [-0.2, 0) is 14.8 Å². The molecule has 0 aliphatic carbocycles. The maximum absolute atomic E-state index is 12.8. The molecule has 0 saturated carbocycles. The van der Waals surface area contributed by atoms with Gasteiger partial charge in [-0.25, -0.2) is 8.42 Å². The summed E-state index contributed by atoms with van der Waals surface area (Å²) >= 11 is 1.23. The summed E-state index contributed by atoms with van der Waals surface area (Å²) < 4.78 is 32.5. The zero-order chi connectivity index (χ0) is 21.0. The number of carbonyl (C=O) groups is 1. The molecule has 1 aromatic heterocycles. The van der Waals surface area contributed by atoms with E-state index in [1.54, 1.807) is 24.6 Å². The number of nitrogens with one attached hydrogen (secondary N) is 1. The Balaban J connectivity index is 1.61. The van der Waals surface area contributed by atoms with Gasteiger partial charge in [0.05, 0.1) is 13.2 Å². The second kappa shape index (κ2) is 9.28. The fraction of sp³-hybridized carbons (Fsp3) is 0.476. The van der Waals surface area contributed by atoms with Gasteiger partial charge in [0.25, 0.3) is 10.0 Å². The molecule has 1 fully saturated rings. The van der Waals surface area contributed by atoms with Crippen LogP contribution in [0.15, 0.2) is 39.9 Å². The van der Waals surface area contributed by atoms with Gasteiger partial charge < -0.3 is 10.1 Å². The lowest BCUT2D eigenvalue weighted by atomic mass is 9.95. The van der Waals surface area contributed by atoms with Crippen LogP contribution in [0.3, 0.4) is 0 Å². The minimum atomic E-state index is -3.44. The topological polar surface area (TPSA) is 75.7 Å². The standard InChI is InChI=1S/C21H28N2O4S2/c1-4-18(17-7-8-19(27-3)15(2)14-17)22-21(24)16-9-11-23(12-10-16)29(25,26)20-6-5-13-28-20/h5-8,13-14,16,18H,4,9-12H2,1-3H3,(H,22,24)/t18-/m0/s1. The maximum atomic E-state index is 12.8. The number of hydrogen-bond donors (Lipinski definition) is 1. The van der Waals surface area contributed by atoms with E-state index in [1.165, 1.54) is 15.6 Å². The smallest absolute Gasteiger partial charge is 0.252 e. The molecule has 1 amide bonds. The van der Waals surface area contributed by atoms with Crippen LogP contribution in [0.1, 0.15) is 43.4 Å². The van der Waals surface area contributed by atoms with Crippen LogP contribution in [-0.4, -0.2) is 38.8 Å². The molecule has 6 nitrogen and oxygen atoms in total. The molecule has 2 heterocycles. The van der Waals surface area contributed by atoms with Gasteiger partial charge in [0.15, 0.2) is 0 Å². The molecule has 8 heteroatoms. The van der Waals surface area contributed by atoms with Crippen LogP contribution in [0.25, 0.3) is 0 Å². The Morgan fingerprint density at radius 2 is 2.03 bits per heavy atom. The van der Waals surface area contributed by atoms with Crippen molar-refractivity contribution in [1.82, 2.24) is 9.62 Å². The largest absolute Gasteiger partial charge is 0.496 e. The number of aryl methyl sites for hydroxylation is 1. The van der Waals surface area contributed by atoms with Crippen LogP contribution < -0.4 is 10.1 Å². The summed E-state index contributed by atoms with van der Waals surface area (Å²) in [5.41, 5.74) is 2.08. The summed E-state index contributed by atoms with van der Waals surface area (Å²) in [5.74, 6) is 0.658. The summed E-state index contributed by atoms with van der Waals surface area (Å²) in [5, 5.41) is 4.92. The first-order valence-corrected chi connectivity index (χ1v) is 12.2. The number of sulfonamides is 1. The molecule has 2 aromatic rings. The van der Waals surface area contributed by atoms with Crippen molar-refractivity contribution in [2.24, 2.45) is 5.92 Å². The summed E-state index contributed by atoms with van der Waals surface area (Å²) in [7, 11) is -1.80. The fourth-order valence-electron chi connectivity index (χ4n) is 3.72. The van der Waals surface area contributed by atoms with Gasteiger partial charge in [0.2, 0.25) is 5.91 Å². The Morgan fingerprint density at radius 1 is 1.31 bits per heavy atom. The van der Waals surface area contributed by atoms with Crippen molar-refractivity contribution in [3.8, 4) is 5.75 Å². The normalized spacial score (nSPS) is 17.1. The number of carbonyl (C=O) groups excluding carboxylic acids is 1. The lowest BCUT2D eigenvalue weighted by Gasteiger charge is -2.31. The van der Waals surface area contributed by atoms with Gasteiger partial charge in [-0.15, -0.1) is 11.3 Å². The Hall–Kier alpha value is -1.90. The van der Waals surface area contributed by atoms with E-state index < -0.39 is 10.0 Å². The SMILES string of the molecule is CC[C@H](NC(=O)C1CCN(S(=O)(=O)c2cccs2)CC1)c1ccc(OC)c(C)c1. The average Bonchev–Trinajstić information content (AvgIpc) is 3.27. The van der Waals surface area contributed by atoms with Crippen LogP contribution in [0, 0.1) is 12.8 Å². The Labute approximate surface area is 176 Å². The van der Waals surface area contributed by atoms with Gasteiger partial charge in [-0.1, -0.05) is 25.1 Å². The highest BCUT2D eigenvalue weighted by molar-refractivity contribution is 7.91. The zero-order valence-corrected chi connectivity index (χ0v) is 18.7. The number of benzene rings is 1. The molecule has 0 spiro atoms. The van der Waals surface area contributed by atoms with Gasteiger partial charge in [-0.05, 0) is 54.8 Å². The fourth-order valence-corrected chi connectivity index (χ4v) is 6.34. The van der Waals surface area contributed by atoms with Crippen LogP contribution in [0.4, 0.5) is 0 Å². The third kappa shape index (κ3) is 4.82. The molecular weight excluding hydrogens is 408 g/mol. The molecule has 29 heavy (non-hydrogen) atoms. The van der Waals surface area contributed by atoms with Gasteiger partial charge in [-0.3, -0.25) is 4.79 Å². The van der Waals surface area contributed by atoms with Crippen molar-refractivity contribution in [1.29, 1.82) is 0 Å². The van der Waals surface area contributed by atoms with E-state index >= 15 is 0 Å². The molecule has 0 unspecified atom stereocenters. The second-order valence-corrected chi connectivity index (χ2v) is 10.4. The molecule has 1 aliphatic rings. The Bertz CT molecular complexity index is 934.